The molecule has 0 aromatic carbocycles. The number of rotatable bonds is 1. The molecular formula is C11H13N3OS2. The summed E-state index contributed by atoms with van der Waals surface area (Å²) in [5, 5.41) is 3.25. The van der Waals surface area contributed by atoms with Gasteiger partial charge in [0.25, 0.3) is 5.91 Å². The summed E-state index contributed by atoms with van der Waals surface area (Å²) in [6.07, 6.45) is 3.17. The largest absolute Gasteiger partial charge is 0.347 e. The van der Waals surface area contributed by atoms with Crippen LogP contribution in [0.3, 0.4) is 0 Å². The minimum atomic E-state index is -0.193. The van der Waals surface area contributed by atoms with Gasteiger partial charge in [-0.1, -0.05) is 0 Å². The van der Waals surface area contributed by atoms with Crippen LogP contribution in [0.2, 0.25) is 0 Å². The molecule has 90 valence electrons. The molecule has 0 aliphatic carbocycles. The van der Waals surface area contributed by atoms with Crippen LogP contribution in [0.15, 0.2) is 24.5 Å². The van der Waals surface area contributed by atoms with E-state index in [-0.39, 0.29) is 5.91 Å². The van der Waals surface area contributed by atoms with Gasteiger partial charge in [-0.2, -0.15) is 11.8 Å². The summed E-state index contributed by atoms with van der Waals surface area (Å²) in [6, 6.07) is 3.45. The number of aromatic nitrogens is 1. The van der Waals surface area contributed by atoms with Gasteiger partial charge >= 0.3 is 0 Å². The van der Waals surface area contributed by atoms with Crippen molar-refractivity contribution in [1.29, 1.82) is 0 Å². The fraction of sp³-hybridized carbons (Fsp3) is 0.364. The van der Waals surface area contributed by atoms with Gasteiger partial charge in [-0.3, -0.25) is 15.1 Å². The second-order valence-electron chi connectivity index (χ2n) is 3.60. The lowest BCUT2D eigenvalue weighted by Gasteiger charge is -2.28. The molecule has 1 amide bonds. The summed E-state index contributed by atoms with van der Waals surface area (Å²) in [7, 11) is 0. The van der Waals surface area contributed by atoms with Crippen molar-refractivity contribution in [3.8, 4) is 0 Å². The van der Waals surface area contributed by atoms with Crippen LogP contribution in [-0.4, -0.2) is 45.5 Å². The average Bonchev–Trinajstić information content (AvgIpc) is 2.40. The third-order valence-corrected chi connectivity index (χ3v) is 3.75. The summed E-state index contributed by atoms with van der Waals surface area (Å²) in [6.45, 7) is 1.80. The number of carbonyl (C=O) groups is 1. The smallest absolute Gasteiger partial charge is 0.258 e. The molecule has 1 aliphatic heterocycles. The van der Waals surface area contributed by atoms with Crippen molar-refractivity contribution in [3.05, 3.63) is 30.1 Å². The number of pyridine rings is 1. The van der Waals surface area contributed by atoms with Crippen molar-refractivity contribution in [2.45, 2.75) is 0 Å². The van der Waals surface area contributed by atoms with Gasteiger partial charge in [-0.25, -0.2) is 0 Å². The van der Waals surface area contributed by atoms with Crippen molar-refractivity contribution in [2.24, 2.45) is 0 Å². The maximum absolute atomic E-state index is 11.8. The molecule has 1 aromatic heterocycles. The first-order chi connectivity index (χ1) is 8.27. The molecule has 2 rings (SSSR count). The topological polar surface area (TPSA) is 45.2 Å². The predicted molar refractivity (Wildman–Crippen MR) is 73.2 cm³/mol. The summed E-state index contributed by atoms with van der Waals surface area (Å²) in [5.41, 5.74) is 0.529. The van der Waals surface area contributed by atoms with Crippen LogP contribution in [0.4, 0.5) is 0 Å². The molecule has 1 saturated heterocycles. The fourth-order valence-corrected chi connectivity index (χ4v) is 2.69. The Balaban J connectivity index is 1.92. The van der Waals surface area contributed by atoms with Gasteiger partial charge in [0.05, 0.1) is 5.56 Å². The molecular weight excluding hydrogens is 254 g/mol. The number of thioether (sulfide) groups is 1. The Morgan fingerprint density at radius 2 is 2.24 bits per heavy atom. The molecule has 2 heterocycles. The monoisotopic (exact) mass is 267 g/mol. The zero-order valence-electron chi connectivity index (χ0n) is 9.26. The third-order valence-electron chi connectivity index (χ3n) is 2.44. The number of thiocarbonyl (C=S) groups is 1. The Morgan fingerprint density at radius 1 is 1.47 bits per heavy atom. The van der Waals surface area contributed by atoms with Gasteiger partial charge in [0.2, 0.25) is 0 Å². The van der Waals surface area contributed by atoms with Crippen LogP contribution < -0.4 is 5.32 Å². The van der Waals surface area contributed by atoms with Crippen LogP contribution in [0.5, 0.6) is 0 Å². The summed E-state index contributed by atoms with van der Waals surface area (Å²) in [4.78, 5) is 17.8. The summed E-state index contributed by atoms with van der Waals surface area (Å²) < 4.78 is 0. The van der Waals surface area contributed by atoms with E-state index in [0.717, 1.165) is 24.6 Å². The van der Waals surface area contributed by atoms with E-state index in [2.05, 4.69) is 10.3 Å². The lowest BCUT2D eigenvalue weighted by Crippen LogP contribution is -2.46. The number of nitrogens with zero attached hydrogens (tertiary/aromatic N) is 2. The molecule has 17 heavy (non-hydrogen) atoms. The highest BCUT2D eigenvalue weighted by Crippen LogP contribution is 2.09. The highest BCUT2D eigenvalue weighted by atomic mass is 32.2. The number of nitrogens with one attached hydrogen (secondary N) is 1. The number of hydrogen-bond donors (Lipinski definition) is 1. The fourth-order valence-electron chi connectivity index (χ4n) is 1.51. The zero-order chi connectivity index (χ0) is 12.1. The van der Waals surface area contributed by atoms with Crippen LogP contribution >= 0.6 is 24.0 Å². The average molecular weight is 267 g/mol. The minimum Gasteiger partial charge on any atom is -0.347 e. The maximum atomic E-state index is 11.8. The molecule has 1 aromatic rings. The van der Waals surface area contributed by atoms with Gasteiger partial charge < -0.3 is 4.90 Å². The Morgan fingerprint density at radius 3 is 2.88 bits per heavy atom. The molecule has 0 atom stereocenters. The number of amides is 1. The van der Waals surface area contributed by atoms with E-state index in [0.29, 0.717) is 10.7 Å². The van der Waals surface area contributed by atoms with Gasteiger partial charge in [-0.05, 0) is 24.4 Å². The molecule has 6 heteroatoms. The first kappa shape index (κ1) is 12.3. The van der Waals surface area contributed by atoms with Gasteiger partial charge in [0.1, 0.15) is 0 Å². The van der Waals surface area contributed by atoms with Crippen LogP contribution in [0.25, 0.3) is 0 Å². The number of carbonyl (C=O) groups excluding carboxylic acids is 1. The van der Waals surface area contributed by atoms with Crippen molar-refractivity contribution >= 4 is 35.0 Å². The van der Waals surface area contributed by atoms with E-state index < -0.39 is 0 Å². The van der Waals surface area contributed by atoms with E-state index in [4.69, 9.17) is 12.2 Å². The van der Waals surface area contributed by atoms with Gasteiger partial charge in [-0.15, -0.1) is 0 Å². The van der Waals surface area contributed by atoms with E-state index in [9.17, 15) is 4.79 Å². The standard InChI is InChI=1S/C11H13N3OS2/c15-10(9-2-1-3-12-8-9)13-11(16)14-4-6-17-7-5-14/h1-3,8H,4-7H2,(H,13,15,16). The molecule has 0 saturated carbocycles. The van der Waals surface area contributed by atoms with E-state index in [1.165, 1.54) is 6.20 Å². The highest BCUT2D eigenvalue weighted by molar-refractivity contribution is 7.99. The van der Waals surface area contributed by atoms with E-state index >= 15 is 0 Å². The van der Waals surface area contributed by atoms with Crippen LogP contribution in [-0.2, 0) is 0 Å². The molecule has 1 aliphatic rings. The zero-order valence-corrected chi connectivity index (χ0v) is 10.9. The highest BCUT2D eigenvalue weighted by Gasteiger charge is 2.16. The van der Waals surface area contributed by atoms with Crippen LogP contribution in [0, 0.1) is 0 Å². The Bertz CT molecular complexity index is 404. The third kappa shape index (κ3) is 3.41. The van der Waals surface area contributed by atoms with Crippen molar-refractivity contribution in [3.63, 3.8) is 0 Å². The first-order valence-electron chi connectivity index (χ1n) is 5.35. The molecule has 0 bridgehead atoms. The van der Waals surface area contributed by atoms with Crippen molar-refractivity contribution < 1.29 is 4.79 Å². The quantitative estimate of drug-likeness (QED) is 0.773. The first-order valence-corrected chi connectivity index (χ1v) is 6.92. The predicted octanol–water partition coefficient (Wildman–Crippen LogP) is 1.15. The summed E-state index contributed by atoms with van der Waals surface area (Å²) >= 11 is 7.12. The second kappa shape index (κ2) is 5.97. The van der Waals surface area contributed by atoms with Crippen molar-refractivity contribution in [2.75, 3.05) is 24.6 Å². The molecule has 4 nitrogen and oxygen atoms in total. The Hall–Kier alpha value is -1.14. The SMILES string of the molecule is O=C(NC(=S)N1CCSCC1)c1cccnc1. The van der Waals surface area contributed by atoms with E-state index in [1.54, 1.807) is 18.3 Å². The molecule has 0 spiro atoms. The molecule has 1 N–H and O–H groups in total. The maximum Gasteiger partial charge on any atom is 0.258 e. The lowest BCUT2D eigenvalue weighted by atomic mass is 10.3. The molecule has 1 fully saturated rings. The van der Waals surface area contributed by atoms with E-state index in [1.807, 2.05) is 16.7 Å². The summed E-state index contributed by atoms with van der Waals surface area (Å²) in [5.74, 6) is 1.92. The minimum absolute atomic E-state index is 0.193. The second-order valence-corrected chi connectivity index (χ2v) is 5.21. The Kier molecular flexibility index (Phi) is 4.33. The lowest BCUT2D eigenvalue weighted by molar-refractivity contribution is 0.0973. The molecule has 0 radical (unpaired) electrons. The van der Waals surface area contributed by atoms with Crippen LogP contribution in [0.1, 0.15) is 10.4 Å². The van der Waals surface area contributed by atoms with Gasteiger partial charge in [0.15, 0.2) is 5.11 Å². The van der Waals surface area contributed by atoms with Gasteiger partial charge in [0, 0.05) is 37.0 Å². The van der Waals surface area contributed by atoms with Crippen molar-refractivity contribution in [1.82, 2.24) is 15.2 Å². The normalized spacial score (nSPS) is 15.4. The molecule has 0 unspecified atom stereocenters. The number of hydrogen-bond acceptors (Lipinski definition) is 4. The Labute approximate surface area is 110 Å².